The van der Waals surface area contributed by atoms with Gasteiger partial charge in [0.1, 0.15) is 6.10 Å². The second-order valence-electron chi connectivity index (χ2n) is 5.64. The summed E-state index contributed by atoms with van der Waals surface area (Å²) in [6.45, 7) is 6.79. The smallest absolute Gasteiger partial charge is 0.251 e. The molecule has 5 heteroatoms. The maximum absolute atomic E-state index is 12.2. The van der Waals surface area contributed by atoms with Crippen LogP contribution >= 0.6 is 12.4 Å². The number of ether oxygens (including phenoxy) is 1. The molecule has 0 bridgehead atoms. The Bertz CT molecular complexity index is 286. The number of rotatable bonds is 3. The highest BCUT2D eigenvalue weighted by atomic mass is 35.5. The van der Waals surface area contributed by atoms with Crippen molar-refractivity contribution in [1.82, 2.24) is 4.90 Å². The summed E-state index contributed by atoms with van der Waals surface area (Å²) >= 11 is 0. The zero-order valence-electron chi connectivity index (χ0n) is 11.3. The average Bonchev–Trinajstić information content (AvgIpc) is 2.97. The van der Waals surface area contributed by atoms with Gasteiger partial charge in [0.2, 0.25) is 0 Å². The van der Waals surface area contributed by atoms with E-state index in [-0.39, 0.29) is 30.5 Å². The molecule has 18 heavy (non-hydrogen) atoms. The van der Waals surface area contributed by atoms with Crippen LogP contribution < -0.4 is 5.73 Å². The van der Waals surface area contributed by atoms with Gasteiger partial charge in [-0.25, -0.2) is 0 Å². The summed E-state index contributed by atoms with van der Waals surface area (Å²) in [6.07, 6.45) is 2.76. The fourth-order valence-corrected chi connectivity index (χ4v) is 2.80. The molecule has 2 fully saturated rings. The van der Waals surface area contributed by atoms with E-state index in [9.17, 15) is 4.79 Å². The Morgan fingerprint density at radius 1 is 1.39 bits per heavy atom. The highest BCUT2D eigenvalue weighted by molar-refractivity contribution is 5.85. The van der Waals surface area contributed by atoms with Crippen molar-refractivity contribution in [2.24, 2.45) is 17.6 Å². The van der Waals surface area contributed by atoms with Crippen LogP contribution in [0.4, 0.5) is 0 Å². The number of carbonyl (C=O) groups excluding carboxylic acids is 1. The van der Waals surface area contributed by atoms with E-state index in [2.05, 4.69) is 13.8 Å². The SMILES string of the molecule is CC(C)C1CCN(C(=O)[C@@H]2CC[C@H](CN)O2)C1.Cl. The number of carbonyl (C=O) groups is 1. The van der Waals surface area contributed by atoms with Gasteiger partial charge in [0.25, 0.3) is 5.91 Å². The van der Waals surface area contributed by atoms with Gasteiger partial charge in [0, 0.05) is 19.6 Å². The molecular formula is C13H25ClN2O2. The zero-order valence-corrected chi connectivity index (χ0v) is 12.1. The van der Waals surface area contributed by atoms with Gasteiger partial charge >= 0.3 is 0 Å². The lowest BCUT2D eigenvalue weighted by Crippen LogP contribution is -2.38. The van der Waals surface area contributed by atoms with E-state index >= 15 is 0 Å². The maximum Gasteiger partial charge on any atom is 0.251 e. The van der Waals surface area contributed by atoms with Crippen molar-refractivity contribution >= 4 is 18.3 Å². The number of likely N-dealkylation sites (tertiary alicyclic amines) is 1. The summed E-state index contributed by atoms with van der Waals surface area (Å²) in [6, 6.07) is 0. The highest BCUT2D eigenvalue weighted by Crippen LogP contribution is 2.27. The monoisotopic (exact) mass is 276 g/mol. The third-order valence-corrected chi connectivity index (χ3v) is 4.13. The van der Waals surface area contributed by atoms with Crippen molar-refractivity contribution in [2.45, 2.75) is 45.3 Å². The summed E-state index contributed by atoms with van der Waals surface area (Å²) in [5.41, 5.74) is 5.56. The van der Waals surface area contributed by atoms with Crippen molar-refractivity contribution in [2.75, 3.05) is 19.6 Å². The summed E-state index contributed by atoms with van der Waals surface area (Å²) in [5.74, 6) is 1.50. The summed E-state index contributed by atoms with van der Waals surface area (Å²) in [7, 11) is 0. The Hall–Kier alpha value is -0.320. The van der Waals surface area contributed by atoms with Gasteiger partial charge in [-0.05, 0) is 31.1 Å². The molecule has 2 aliphatic rings. The minimum atomic E-state index is -0.227. The standard InChI is InChI=1S/C13H24N2O2.ClH/c1-9(2)10-5-6-15(8-10)13(16)12-4-3-11(7-14)17-12;/h9-12H,3-8,14H2,1-2H3;1H/t10?,11-,12+;/m1./s1. The Morgan fingerprint density at radius 2 is 2.11 bits per heavy atom. The molecule has 4 nitrogen and oxygen atoms in total. The third kappa shape index (κ3) is 3.37. The van der Waals surface area contributed by atoms with Crippen molar-refractivity contribution in [3.05, 3.63) is 0 Å². The molecule has 2 rings (SSSR count). The Morgan fingerprint density at radius 3 is 2.61 bits per heavy atom. The topological polar surface area (TPSA) is 55.6 Å². The van der Waals surface area contributed by atoms with E-state index in [0.29, 0.717) is 18.4 Å². The van der Waals surface area contributed by atoms with Crippen LogP contribution in [-0.4, -0.2) is 42.6 Å². The van der Waals surface area contributed by atoms with Crippen molar-refractivity contribution in [1.29, 1.82) is 0 Å². The predicted octanol–water partition coefficient (Wildman–Crippen LogP) is 1.42. The van der Waals surface area contributed by atoms with Crippen LogP contribution in [0, 0.1) is 11.8 Å². The minimum Gasteiger partial charge on any atom is -0.364 e. The van der Waals surface area contributed by atoms with Crippen LogP contribution in [0.5, 0.6) is 0 Å². The molecule has 2 N–H and O–H groups in total. The van der Waals surface area contributed by atoms with Crippen LogP contribution in [0.3, 0.4) is 0 Å². The van der Waals surface area contributed by atoms with Crippen LogP contribution in [0.15, 0.2) is 0 Å². The first kappa shape index (κ1) is 15.7. The first-order chi connectivity index (χ1) is 8.11. The van der Waals surface area contributed by atoms with Gasteiger partial charge < -0.3 is 15.4 Å². The van der Waals surface area contributed by atoms with Gasteiger partial charge in [0.15, 0.2) is 0 Å². The fourth-order valence-electron chi connectivity index (χ4n) is 2.80. The molecule has 1 amide bonds. The Kier molecular flexibility index (Phi) is 5.89. The van der Waals surface area contributed by atoms with Crippen LogP contribution in [0.1, 0.15) is 33.1 Å². The lowest BCUT2D eigenvalue weighted by atomic mass is 9.95. The molecule has 0 saturated carbocycles. The number of amides is 1. The molecule has 0 aromatic heterocycles. The number of hydrogen-bond donors (Lipinski definition) is 1. The van der Waals surface area contributed by atoms with Crippen molar-refractivity contribution in [3.63, 3.8) is 0 Å². The normalized spacial score (nSPS) is 31.8. The minimum absolute atomic E-state index is 0. The molecule has 0 radical (unpaired) electrons. The lowest BCUT2D eigenvalue weighted by molar-refractivity contribution is -0.141. The predicted molar refractivity (Wildman–Crippen MR) is 73.7 cm³/mol. The molecule has 2 heterocycles. The second kappa shape index (κ2) is 6.73. The average molecular weight is 277 g/mol. The van der Waals surface area contributed by atoms with Gasteiger partial charge in [-0.1, -0.05) is 13.8 Å². The lowest BCUT2D eigenvalue weighted by Gasteiger charge is -2.21. The van der Waals surface area contributed by atoms with E-state index in [1.165, 1.54) is 0 Å². The third-order valence-electron chi connectivity index (χ3n) is 4.13. The summed E-state index contributed by atoms with van der Waals surface area (Å²) in [4.78, 5) is 14.2. The van der Waals surface area contributed by atoms with Crippen LogP contribution in [0.2, 0.25) is 0 Å². The van der Waals surface area contributed by atoms with E-state index in [4.69, 9.17) is 10.5 Å². The summed E-state index contributed by atoms with van der Waals surface area (Å²) in [5, 5.41) is 0. The van der Waals surface area contributed by atoms with E-state index in [0.717, 1.165) is 32.4 Å². The molecule has 0 aliphatic carbocycles. The zero-order chi connectivity index (χ0) is 12.4. The quantitative estimate of drug-likeness (QED) is 0.848. The fraction of sp³-hybridized carbons (Fsp3) is 0.923. The van der Waals surface area contributed by atoms with E-state index < -0.39 is 0 Å². The molecule has 0 spiro atoms. The van der Waals surface area contributed by atoms with Gasteiger partial charge in [-0.15, -0.1) is 12.4 Å². The Balaban J connectivity index is 0.00000162. The summed E-state index contributed by atoms with van der Waals surface area (Å²) < 4.78 is 5.66. The van der Waals surface area contributed by atoms with Gasteiger partial charge in [0.05, 0.1) is 6.10 Å². The molecule has 106 valence electrons. The number of nitrogens with zero attached hydrogens (tertiary/aromatic N) is 1. The molecule has 0 aromatic carbocycles. The van der Waals surface area contributed by atoms with Crippen LogP contribution in [-0.2, 0) is 9.53 Å². The van der Waals surface area contributed by atoms with Crippen molar-refractivity contribution in [3.8, 4) is 0 Å². The van der Waals surface area contributed by atoms with Gasteiger partial charge in [-0.3, -0.25) is 4.79 Å². The van der Waals surface area contributed by atoms with E-state index in [1.807, 2.05) is 4.90 Å². The van der Waals surface area contributed by atoms with E-state index in [1.54, 1.807) is 0 Å². The number of hydrogen-bond acceptors (Lipinski definition) is 3. The number of nitrogens with two attached hydrogens (primary N) is 1. The van der Waals surface area contributed by atoms with Crippen molar-refractivity contribution < 1.29 is 9.53 Å². The first-order valence-electron chi connectivity index (χ1n) is 6.76. The largest absolute Gasteiger partial charge is 0.364 e. The highest BCUT2D eigenvalue weighted by Gasteiger charge is 2.36. The maximum atomic E-state index is 12.2. The molecule has 2 aliphatic heterocycles. The Labute approximate surface area is 116 Å². The molecular weight excluding hydrogens is 252 g/mol. The molecule has 3 atom stereocenters. The molecule has 2 saturated heterocycles. The molecule has 1 unspecified atom stereocenters. The number of halogens is 1. The molecule has 0 aromatic rings. The van der Waals surface area contributed by atoms with Crippen LogP contribution in [0.25, 0.3) is 0 Å². The second-order valence-corrected chi connectivity index (χ2v) is 5.64. The van der Waals surface area contributed by atoms with Gasteiger partial charge in [-0.2, -0.15) is 0 Å². The first-order valence-corrected chi connectivity index (χ1v) is 6.76.